The second-order valence-corrected chi connectivity index (χ2v) is 4.66. The molecule has 112 valence electrons. The summed E-state index contributed by atoms with van der Waals surface area (Å²) in [4.78, 5) is 0. The summed E-state index contributed by atoms with van der Waals surface area (Å²) in [7, 11) is 0. The average molecular weight is 322 g/mol. The highest BCUT2D eigenvalue weighted by atomic mass is 35.5. The molecule has 2 rings (SSSR count). The average Bonchev–Trinajstić information content (AvgIpc) is 2.36. The van der Waals surface area contributed by atoms with Gasteiger partial charge in [-0.1, -0.05) is 29.8 Å². The van der Waals surface area contributed by atoms with Crippen LogP contribution in [0.3, 0.4) is 0 Å². The van der Waals surface area contributed by atoms with E-state index in [1.54, 1.807) is 0 Å². The number of hydrogen-bond acceptors (Lipinski definition) is 1. The summed E-state index contributed by atoms with van der Waals surface area (Å²) in [6, 6.07) is 6.38. The van der Waals surface area contributed by atoms with Crippen LogP contribution in [-0.4, -0.2) is 0 Å². The standard InChI is InChI=1S/C14H9ClF5N/c15-11-5-9(16)6-12(17)13(11)21-7-8-3-1-2-4-10(8)14(18,19)20/h1-6,21H,7H2. The van der Waals surface area contributed by atoms with Gasteiger partial charge in [0.2, 0.25) is 0 Å². The number of rotatable bonds is 3. The molecule has 0 bridgehead atoms. The van der Waals surface area contributed by atoms with Crippen molar-refractivity contribution >= 4 is 17.3 Å². The molecule has 7 heteroatoms. The van der Waals surface area contributed by atoms with Crippen LogP contribution in [0.15, 0.2) is 36.4 Å². The van der Waals surface area contributed by atoms with E-state index in [1.807, 2.05) is 0 Å². The van der Waals surface area contributed by atoms with Gasteiger partial charge < -0.3 is 5.32 Å². The third-order valence-electron chi connectivity index (χ3n) is 2.79. The van der Waals surface area contributed by atoms with Gasteiger partial charge >= 0.3 is 6.18 Å². The number of halogens is 6. The molecule has 0 amide bonds. The molecule has 0 aliphatic heterocycles. The number of nitrogens with one attached hydrogen (secondary N) is 1. The van der Waals surface area contributed by atoms with Crippen molar-refractivity contribution in [2.24, 2.45) is 0 Å². The van der Waals surface area contributed by atoms with Crippen molar-refractivity contribution in [3.63, 3.8) is 0 Å². The van der Waals surface area contributed by atoms with Crippen molar-refractivity contribution in [1.82, 2.24) is 0 Å². The van der Waals surface area contributed by atoms with E-state index in [2.05, 4.69) is 5.32 Å². The van der Waals surface area contributed by atoms with Crippen LogP contribution in [-0.2, 0) is 12.7 Å². The fraction of sp³-hybridized carbons (Fsp3) is 0.143. The van der Waals surface area contributed by atoms with E-state index in [1.165, 1.54) is 18.2 Å². The second kappa shape index (κ2) is 5.89. The molecule has 0 atom stereocenters. The molecule has 0 aliphatic rings. The molecular weight excluding hydrogens is 313 g/mol. The minimum Gasteiger partial charge on any atom is -0.377 e. The van der Waals surface area contributed by atoms with Gasteiger partial charge in [0.05, 0.1) is 16.3 Å². The Bertz CT molecular complexity index is 631. The molecule has 2 aromatic carbocycles. The number of anilines is 1. The highest BCUT2D eigenvalue weighted by molar-refractivity contribution is 6.33. The van der Waals surface area contributed by atoms with Gasteiger partial charge in [0, 0.05) is 12.6 Å². The molecule has 0 heterocycles. The summed E-state index contributed by atoms with van der Waals surface area (Å²) in [5, 5.41) is 2.22. The summed E-state index contributed by atoms with van der Waals surface area (Å²) >= 11 is 5.67. The van der Waals surface area contributed by atoms with E-state index in [0.717, 1.165) is 12.1 Å². The topological polar surface area (TPSA) is 12.0 Å². The Morgan fingerprint density at radius 2 is 1.71 bits per heavy atom. The lowest BCUT2D eigenvalue weighted by atomic mass is 10.1. The molecule has 1 nitrogen and oxygen atoms in total. The molecule has 0 spiro atoms. The molecule has 21 heavy (non-hydrogen) atoms. The van der Waals surface area contributed by atoms with Crippen molar-refractivity contribution in [3.05, 3.63) is 64.2 Å². The van der Waals surface area contributed by atoms with Gasteiger partial charge in [-0.2, -0.15) is 13.2 Å². The molecule has 2 aromatic rings. The van der Waals surface area contributed by atoms with Gasteiger partial charge in [0.1, 0.15) is 5.82 Å². The first-order chi connectivity index (χ1) is 9.79. The molecule has 0 unspecified atom stereocenters. The van der Waals surface area contributed by atoms with Crippen LogP contribution in [0.5, 0.6) is 0 Å². The van der Waals surface area contributed by atoms with Gasteiger partial charge in [-0.05, 0) is 17.7 Å². The second-order valence-electron chi connectivity index (χ2n) is 4.25. The van der Waals surface area contributed by atoms with Crippen LogP contribution in [0.4, 0.5) is 27.6 Å². The Balaban J connectivity index is 2.26. The maximum Gasteiger partial charge on any atom is 0.416 e. The fourth-order valence-corrected chi connectivity index (χ4v) is 2.11. The number of hydrogen-bond donors (Lipinski definition) is 1. The number of alkyl halides is 3. The molecule has 0 radical (unpaired) electrons. The Morgan fingerprint density at radius 1 is 1.05 bits per heavy atom. The van der Waals surface area contributed by atoms with Crippen molar-refractivity contribution < 1.29 is 22.0 Å². The number of benzene rings is 2. The third-order valence-corrected chi connectivity index (χ3v) is 3.08. The molecule has 0 saturated heterocycles. The zero-order chi connectivity index (χ0) is 15.6. The minimum absolute atomic E-state index is 0.0650. The van der Waals surface area contributed by atoms with Crippen molar-refractivity contribution in [2.75, 3.05) is 5.32 Å². The molecule has 1 N–H and O–H groups in total. The molecule has 0 saturated carbocycles. The SMILES string of the molecule is Fc1cc(F)c(NCc2ccccc2C(F)(F)F)c(Cl)c1. The zero-order valence-electron chi connectivity index (χ0n) is 10.4. The Kier molecular flexibility index (Phi) is 4.37. The van der Waals surface area contributed by atoms with E-state index >= 15 is 0 Å². The minimum atomic E-state index is -4.51. The van der Waals surface area contributed by atoms with Crippen LogP contribution in [0, 0.1) is 11.6 Å². The quantitative estimate of drug-likeness (QED) is 0.761. The lowest BCUT2D eigenvalue weighted by molar-refractivity contribution is -0.138. The fourth-order valence-electron chi connectivity index (χ4n) is 1.85. The van der Waals surface area contributed by atoms with Crippen LogP contribution in [0.1, 0.15) is 11.1 Å². The summed E-state index contributed by atoms with van der Waals surface area (Å²) in [6.07, 6.45) is -4.51. The first-order valence-corrected chi connectivity index (χ1v) is 6.20. The smallest absolute Gasteiger partial charge is 0.377 e. The van der Waals surface area contributed by atoms with E-state index in [4.69, 9.17) is 11.6 Å². The zero-order valence-corrected chi connectivity index (χ0v) is 11.2. The Hall–Kier alpha value is -1.82. The van der Waals surface area contributed by atoms with Gasteiger partial charge in [-0.15, -0.1) is 0 Å². The van der Waals surface area contributed by atoms with Crippen LogP contribution in [0.2, 0.25) is 5.02 Å². The van der Waals surface area contributed by atoms with E-state index in [-0.39, 0.29) is 22.8 Å². The normalized spacial score (nSPS) is 11.5. The molecular formula is C14H9ClF5N. The monoisotopic (exact) mass is 321 g/mol. The lowest BCUT2D eigenvalue weighted by Crippen LogP contribution is -2.12. The predicted octanol–water partition coefficient (Wildman–Crippen LogP) is 5.25. The summed E-state index contributed by atoms with van der Waals surface area (Å²) < 4.78 is 64.9. The van der Waals surface area contributed by atoms with Gasteiger partial charge in [0.15, 0.2) is 5.82 Å². The van der Waals surface area contributed by atoms with Crippen molar-refractivity contribution in [2.45, 2.75) is 12.7 Å². The summed E-state index contributed by atoms with van der Waals surface area (Å²) in [5.74, 6) is -1.83. The van der Waals surface area contributed by atoms with Crippen LogP contribution < -0.4 is 5.32 Å². The molecule has 0 aromatic heterocycles. The maximum atomic E-state index is 13.5. The highest BCUT2D eigenvalue weighted by Gasteiger charge is 2.32. The first kappa shape index (κ1) is 15.6. The molecule has 0 aliphatic carbocycles. The predicted molar refractivity (Wildman–Crippen MR) is 70.1 cm³/mol. The van der Waals surface area contributed by atoms with Gasteiger partial charge in [0.25, 0.3) is 0 Å². The molecule has 0 fully saturated rings. The van der Waals surface area contributed by atoms with Crippen molar-refractivity contribution in [3.8, 4) is 0 Å². The third kappa shape index (κ3) is 3.64. The van der Waals surface area contributed by atoms with E-state index < -0.39 is 23.4 Å². The van der Waals surface area contributed by atoms with Crippen LogP contribution >= 0.6 is 11.6 Å². The summed E-state index contributed by atoms with van der Waals surface area (Å²) in [6.45, 7) is -0.294. The van der Waals surface area contributed by atoms with E-state index in [0.29, 0.717) is 6.07 Å². The van der Waals surface area contributed by atoms with Crippen LogP contribution in [0.25, 0.3) is 0 Å². The van der Waals surface area contributed by atoms with E-state index in [9.17, 15) is 22.0 Å². The van der Waals surface area contributed by atoms with Crippen molar-refractivity contribution in [1.29, 1.82) is 0 Å². The lowest BCUT2D eigenvalue weighted by Gasteiger charge is -2.15. The first-order valence-electron chi connectivity index (χ1n) is 5.82. The highest BCUT2D eigenvalue weighted by Crippen LogP contribution is 2.33. The largest absolute Gasteiger partial charge is 0.416 e. The summed E-state index contributed by atoms with van der Waals surface area (Å²) in [5.41, 5.74) is -1.13. The Morgan fingerprint density at radius 3 is 2.33 bits per heavy atom. The van der Waals surface area contributed by atoms with Gasteiger partial charge in [-0.25, -0.2) is 8.78 Å². The van der Waals surface area contributed by atoms with Gasteiger partial charge in [-0.3, -0.25) is 0 Å². The Labute approximate surface area is 122 Å². The maximum absolute atomic E-state index is 13.5.